The van der Waals surface area contributed by atoms with Crippen molar-refractivity contribution < 1.29 is 28.6 Å². The average molecular weight is 575 g/mol. The number of aromatic nitrogens is 3. The highest BCUT2D eigenvalue weighted by Crippen LogP contribution is 2.16. The van der Waals surface area contributed by atoms with Gasteiger partial charge in [0.05, 0.1) is 26.6 Å². The molecule has 0 unspecified atom stereocenters. The molecule has 0 saturated heterocycles. The first-order valence-corrected chi connectivity index (χ1v) is 12.8. The Morgan fingerprint density at radius 3 is 2.21 bits per heavy atom. The van der Waals surface area contributed by atoms with E-state index in [1.807, 2.05) is 24.3 Å². The fraction of sp³-hybridized carbons (Fsp3) is 0.207. The van der Waals surface area contributed by atoms with Crippen LogP contribution in [0.15, 0.2) is 78.1 Å². The highest BCUT2D eigenvalue weighted by Gasteiger charge is 2.17. The second-order valence-electron chi connectivity index (χ2n) is 8.85. The molecule has 2 amide bonds. The predicted molar refractivity (Wildman–Crippen MR) is 153 cm³/mol. The van der Waals surface area contributed by atoms with Crippen LogP contribution in [0.3, 0.4) is 0 Å². The standard InChI is InChI=1S/C29H30N6O7/c1-39-21-7-3-19(4-8-21)16-41-26-15-35(42-17-20-5-9-22(40-2)10-6-20)24(13-25(26)36)29(38)32-12-11-27(37)34-23-14-31-18-33-28(23)30/h3-10,13-15,18H,11-12,16-17H2,1-2H3,(H,32,38)(H,34,37)(H2,30,31,33). The van der Waals surface area contributed by atoms with Crippen LogP contribution in [0.5, 0.6) is 17.2 Å². The van der Waals surface area contributed by atoms with Gasteiger partial charge in [-0.15, -0.1) is 0 Å². The molecule has 13 heteroatoms. The molecule has 13 nitrogen and oxygen atoms in total. The van der Waals surface area contributed by atoms with E-state index in [1.54, 1.807) is 38.5 Å². The van der Waals surface area contributed by atoms with E-state index in [-0.39, 0.29) is 49.1 Å². The van der Waals surface area contributed by atoms with Crippen LogP contribution in [0, 0.1) is 0 Å². The minimum Gasteiger partial charge on any atom is -0.497 e. The summed E-state index contributed by atoms with van der Waals surface area (Å²) in [6.45, 7) is 0.157. The van der Waals surface area contributed by atoms with Gasteiger partial charge in [-0.1, -0.05) is 24.3 Å². The van der Waals surface area contributed by atoms with E-state index in [9.17, 15) is 14.4 Å². The zero-order chi connectivity index (χ0) is 29.9. The topological polar surface area (TPSA) is 169 Å². The van der Waals surface area contributed by atoms with Crippen molar-refractivity contribution in [3.63, 3.8) is 0 Å². The summed E-state index contributed by atoms with van der Waals surface area (Å²) in [5.41, 5.74) is 6.98. The van der Waals surface area contributed by atoms with Crippen LogP contribution < -0.4 is 40.8 Å². The lowest BCUT2D eigenvalue weighted by Crippen LogP contribution is -2.33. The molecule has 0 spiro atoms. The minimum absolute atomic E-state index is 0.0147. The fourth-order valence-corrected chi connectivity index (χ4v) is 3.66. The number of anilines is 2. The van der Waals surface area contributed by atoms with Crippen LogP contribution in [0.25, 0.3) is 0 Å². The Bertz CT molecular complexity index is 1570. The van der Waals surface area contributed by atoms with Crippen LogP contribution in [0.1, 0.15) is 28.0 Å². The molecule has 4 N–H and O–H groups in total. The molecule has 0 aliphatic carbocycles. The maximum Gasteiger partial charge on any atom is 0.271 e. The first kappa shape index (κ1) is 29.4. The fourth-order valence-electron chi connectivity index (χ4n) is 3.66. The molecule has 218 valence electrons. The molecule has 2 aromatic carbocycles. The lowest BCUT2D eigenvalue weighted by atomic mass is 10.2. The molecule has 4 aromatic rings. The number of nitrogen functional groups attached to an aromatic ring is 1. The Morgan fingerprint density at radius 1 is 0.952 bits per heavy atom. The van der Waals surface area contributed by atoms with Crippen molar-refractivity contribution in [3.8, 4) is 17.2 Å². The predicted octanol–water partition coefficient (Wildman–Crippen LogP) is 2.20. The number of carbonyl (C=O) groups is 2. The Balaban J connectivity index is 1.46. The Labute approximate surface area is 241 Å². The molecule has 0 aliphatic rings. The van der Waals surface area contributed by atoms with Crippen molar-refractivity contribution >= 4 is 23.3 Å². The van der Waals surface area contributed by atoms with Gasteiger partial charge < -0.3 is 35.4 Å². The SMILES string of the molecule is COc1ccc(COc2cn(OCc3ccc(OC)cc3)c(C(=O)NCCC(=O)Nc3cncnc3N)cc2=O)cc1. The molecule has 0 saturated carbocycles. The van der Waals surface area contributed by atoms with E-state index in [2.05, 4.69) is 20.6 Å². The molecule has 0 aliphatic heterocycles. The Kier molecular flexibility index (Phi) is 9.91. The van der Waals surface area contributed by atoms with Gasteiger partial charge in [-0.25, -0.2) is 9.97 Å². The lowest BCUT2D eigenvalue weighted by Gasteiger charge is -2.16. The summed E-state index contributed by atoms with van der Waals surface area (Å²) in [5, 5.41) is 5.21. The monoisotopic (exact) mass is 574 g/mol. The highest BCUT2D eigenvalue weighted by molar-refractivity contribution is 5.95. The third-order valence-electron chi connectivity index (χ3n) is 5.95. The van der Waals surface area contributed by atoms with Crippen LogP contribution in [-0.2, 0) is 18.0 Å². The van der Waals surface area contributed by atoms with E-state index in [0.29, 0.717) is 11.5 Å². The Hall–Kier alpha value is -5.59. The van der Waals surface area contributed by atoms with Gasteiger partial charge in [-0.2, -0.15) is 4.73 Å². The maximum atomic E-state index is 13.1. The van der Waals surface area contributed by atoms with Crippen molar-refractivity contribution in [1.29, 1.82) is 0 Å². The summed E-state index contributed by atoms with van der Waals surface area (Å²) in [7, 11) is 3.14. The maximum absolute atomic E-state index is 13.1. The Morgan fingerprint density at radius 2 is 1.60 bits per heavy atom. The molecule has 42 heavy (non-hydrogen) atoms. The summed E-state index contributed by atoms with van der Waals surface area (Å²) in [6.07, 6.45) is 3.88. The van der Waals surface area contributed by atoms with Crippen molar-refractivity contribution in [1.82, 2.24) is 20.0 Å². The van der Waals surface area contributed by atoms with Gasteiger partial charge in [0.1, 0.15) is 42.4 Å². The van der Waals surface area contributed by atoms with E-state index in [4.69, 9.17) is 24.8 Å². The number of methoxy groups -OCH3 is 2. The molecule has 2 heterocycles. The van der Waals surface area contributed by atoms with Crippen LogP contribution in [0.2, 0.25) is 0 Å². The molecule has 2 aromatic heterocycles. The van der Waals surface area contributed by atoms with Crippen LogP contribution in [-0.4, -0.2) is 47.3 Å². The van der Waals surface area contributed by atoms with Crippen molar-refractivity contribution in [2.24, 2.45) is 0 Å². The average Bonchev–Trinajstić information content (AvgIpc) is 3.01. The van der Waals surface area contributed by atoms with E-state index in [1.165, 1.54) is 23.5 Å². The van der Waals surface area contributed by atoms with Crippen LogP contribution >= 0.6 is 0 Å². The largest absolute Gasteiger partial charge is 0.497 e. The molecular formula is C29H30N6O7. The van der Waals surface area contributed by atoms with Crippen LogP contribution in [0.4, 0.5) is 11.5 Å². The summed E-state index contributed by atoms with van der Waals surface area (Å²) < 4.78 is 17.3. The van der Waals surface area contributed by atoms with Gasteiger partial charge >= 0.3 is 0 Å². The van der Waals surface area contributed by atoms with Crippen molar-refractivity contribution in [2.45, 2.75) is 19.6 Å². The molecule has 0 radical (unpaired) electrons. The number of nitrogens with two attached hydrogens (primary N) is 1. The van der Waals surface area contributed by atoms with Gasteiger partial charge in [0.25, 0.3) is 5.91 Å². The minimum atomic E-state index is -0.626. The van der Waals surface area contributed by atoms with E-state index in [0.717, 1.165) is 17.2 Å². The number of nitrogens with one attached hydrogen (secondary N) is 2. The number of benzene rings is 2. The second kappa shape index (κ2) is 14.2. The van der Waals surface area contributed by atoms with Gasteiger partial charge in [0.2, 0.25) is 11.3 Å². The number of pyridine rings is 1. The number of hydrogen-bond acceptors (Lipinski definition) is 10. The number of rotatable bonds is 13. The van der Waals surface area contributed by atoms with E-state index < -0.39 is 17.2 Å². The lowest BCUT2D eigenvalue weighted by molar-refractivity contribution is -0.116. The zero-order valence-electron chi connectivity index (χ0n) is 23.0. The number of hydrogen-bond donors (Lipinski definition) is 3. The number of carbonyl (C=O) groups excluding carboxylic acids is 2. The molecule has 0 bridgehead atoms. The molecule has 4 rings (SSSR count). The number of ether oxygens (including phenoxy) is 3. The van der Waals surface area contributed by atoms with Crippen molar-refractivity contribution in [2.75, 3.05) is 31.8 Å². The molecule has 0 atom stereocenters. The number of amides is 2. The summed E-state index contributed by atoms with van der Waals surface area (Å²) >= 11 is 0. The summed E-state index contributed by atoms with van der Waals surface area (Å²) in [6, 6.07) is 15.5. The van der Waals surface area contributed by atoms with Gasteiger partial charge in [0, 0.05) is 19.0 Å². The quantitative estimate of drug-likeness (QED) is 0.215. The second-order valence-corrected chi connectivity index (χ2v) is 8.85. The third kappa shape index (κ3) is 7.97. The highest BCUT2D eigenvalue weighted by atomic mass is 16.7. The van der Waals surface area contributed by atoms with Gasteiger partial charge in [-0.3, -0.25) is 14.4 Å². The molecular weight excluding hydrogens is 544 g/mol. The summed E-state index contributed by atoms with van der Waals surface area (Å²) in [5.74, 6) is 0.446. The van der Waals surface area contributed by atoms with Gasteiger partial charge in [-0.05, 0) is 35.4 Å². The summed E-state index contributed by atoms with van der Waals surface area (Å²) in [4.78, 5) is 51.7. The first-order chi connectivity index (χ1) is 20.4. The van der Waals surface area contributed by atoms with Gasteiger partial charge in [0.15, 0.2) is 11.6 Å². The number of nitrogens with zero attached hydrogens (tertiary/aromatic N) is 3. The third-order valence-corrected chi connectivity index (χ3v) is 5.95. The normalized spacial score (nSPS) is 10.4. The van der Waals surface area contributed by atoms with Crippen molar-refractivity contribution in [3.05, 3.63) is 100 Å². The smallest absolute Gasteiger partial charge is 0.271 e. The first-order valence-electron chi connectivity index (χ1n) is 12.8. The van der Waals surface area contributed by atoms with E-state index >= 15 is 0 Å². The molecule has 0 fully saturated rings. The zero-order valence-corrected chi connectivity index (χ0v) is 23.0.